The van der Waals surface area contributed by atoms with E-state index in [1.54, 1.807) is 18.7 Å². The van der Waals surface area contributed by atoms with Crippen LogP contribution in [-0.4, -0.2) is 47.1 Å². The molecule has 0 saturated carbocycles. The molecule has 92 valence electrons. The van der Waals surface area contributed by atoms with Gasteiger partial charge in [-0.05, 0) is 20.3 Å². The topological polar surface area (TPSA) is 69.6 Å². The number of hydrogen-bond donors (Lipinski definition) is 2. The first-order valence-corrected chi connectivity index (χ1v) is 5.65. The van der Waals surface area contributed by atoms with E-state index in [-0.39, 0.29) is 23.8 Å². The number of nitrogens with one attached hydrogen (secondary N) is 1. The molecule has 0 bridgehead atoms. The maximum absolute atomic E-state index is 11.9. The second kappa shape index (κ2) is 5.30. The maximum Gasteiger partial charge on any atom is 0.244 e. The van der Waals surface area contributed by atoms with E-state index >= 15 is 0 Å². The van der Waals surface area contributed by atoms with Crippen LogP contribution in [-0.2, 0) is 9.59 Å². The SMILES string of the molecule is CC(=O)NC(C)C(=O)N1CCC(C(C)O)C1. The van der Waals surface area contributed by atoms with Crippen molar-refractivity contribution in [2.24, 2.45) is 5.92 Å². The third kappa shape index (κ3) is 3.20. The number of nitrogens with zero attached hydrogens (tertiary/aromatic N) is 1. The Hall–Kier alpha value is -1.10. The van der Waals surface area contributed by atoms with Crippen LogP contribution in [0.4, 0.5) is 0 Å². The minimum atomic E-state index is -0.481. The lowest BCUT2D eigenvalue weighted by Crippen LogP contribution is -2.45. The molecule has 0 aliphatic carbocycles. The molecule has 5 heteroatoms. The third-order valence-electron chi connectivity index (χ3n) is 3.01. The summed E-state index contributed by atoms with van der Waals surface area (Å²) >= 11 is 0. The van der Waals surface area contributed by atoms with Crippen LogP contribution in [0.15, 0.2) is 0 Å². The van der Waals surface area contributed by atoms with E-state index in [0.717, 1.165) is 6.42 Å². The van der Waals surface area contributed by atoms with Crippen molar-refractivity contribution in [3.05, 3.63) is 0 Å². The minimum absolute atomic E-state index is 0.0710. The summed E-state index contributed by atoms with van der Waals surface area (Å²) in [7, 11) is 0. The van der Waals surface area contributed by atoms with Crippen LogP contribution in [0, 0.1) is 5.92 Å². The largest absolute Gasteiger partial charge is 0.393 e. The Kier molecular flexibility index (Phi) is 4.29. The van der Waals surface area contributed by atoms with Crippen LogP contribution in [0.1, 0.15) is 27.2 Å². The van der Waals surface area contributed by atoms with Crippen LogP contribution < -0.4 is 5.32 Å². The van der Waals surface area contributed by atoms with Gasteiger partial charge >= 0.3 is 0 Å². The number of aliphatic hydroxyl groups is 1. The van der Waals surface area contributed by atoms with Gasteiger partial charge in [-0.25, -0.2) is 0 Å². The zero-order valence-electron chi connectivity index (χ0n) is 10.1. The molecule has 1 aliphatic heterocycles. The first kappa shape index (κ1) is 13.0. The second-order valence-corrected chi connectivity index (χ2v) is 4.50. The zero-order chi connectivity index (χ0) is 12.3. The maximum atomic E-state index is 11.9. The monoisotopic (exact) mass is 228 g/mol. The Bertz CT molecular complexity index is 278. The Morgan fingerprint density at radius 3 is 2.50 bits per heavy atom. The molecule has 1 heterocycles. The molecule has 0 aromatic carbocycles. The molecule has 2 N–H and O–H groups in total. The van der Waals surface area contributed by atoms with E-state index < -0.39 is 6.04 Å². The van der Waals surface area contributed by atoms with E-state index in [1.807, 2.05) is 0 Å². The lowest BCUT2D eigenvalue weighted by atomic mass is 10.0. The highest BCUT2D eigenvalue weighted by atomic mass is 16.3. The van der Waals surface area contributed by atoms with Gasteiger partial charge in [0, 0.05) is 25.9 Å². The molecule has 0 spiro atoms. The standard InChI is InChI=1S/C11H20N2O3/c1-7(12-9(3)15)11(16)13-5-4-10(6-13)8(2)14/h7-8,10,14H,4-6H2,1-3H3,(H,12,15). The van der Waals surface area contributed by atoms with Gasteiger partial charge in [0.25, 0.3) is 0 Å². The van der Waals surface area contributed by atoms with Crippen LogP contribution in [0.25, 0.3) is 0 Å². The van der Waals surface area contributed by atoms with Crippen molar-refractivity contribution in [2.75, 3.05) is 13.1 Å². The smallest absolute Gasteiger partial charge is 0.244 e. The van der Waals surface area contributed by atoms with E-state index in [9.17, 15) is 14.7 Å². The fraction of sp³-hybridized carbons (Fsp3) is 0.818. The van der Waals surface area contributed by atoms with Crippen LogP contribution in [0.3, 0.4) is 0 Å². The molecule has 1 saturated heterocycles. The molecular formula is C11H20N2O3. The number of aliphatic hydroxyl groups excluding tert-OH is 1. The molecule has 0 aromatic rings. The van der Waals surface area contributed by atoms with E-state index in [2.05, 4.69) is 5.32 Å². The molecule has 3 atom stereocenters. The number of carbonyl (C=O) groups excluding carboxylic acids is 2. The summed E-state index contributed by atoms with van der Waals surface area (Å²) < 4.78 is 0. The number of rotatable bonds is 3. The zero-order valence-corrected chi connectivity index (χ0v) is 10.1. The number of likely N-dealkylation sites (tertiary alicyclic amines) is 1. The summed E-state index contributed by atoms with van der Waals surface area (Å²) in [6.45, 7) is 6.07. The predicted molar refractivity (Wildman–Crippen MR) is 59.6 cm³/mol. The number of amides is 2. The average Bonchev–Trinajstić information content (AvgIpc) is 2.64. The fourth-order valence-electron chi connectivity index (χ4n) is 2.02. The van der Waals surface area contributed by atoms with E-state index in [4.69, 9.17) is 0 Å². The Labute approximate surface area is 95.8 Å². The molecule has 1 aliphatic rings. The quantitative estimate of drug-likeness (QED) is 0.699. The lowest BCUT2D eigenvalue weighted by Gasteiger charge is -2.21. The summed E-state index contributed by atoms with van der Waals surface area (Å²) in [5.74, 6) is -0.112. The average molecular weight is 228 g/mol. The van der Waals surface area contributed by atoms with Crippen molar-refractivity contribution in [3.63, 3.8) is 0 Å². The first-order chi connectivity index (χ1) is 7.41. The Morgan fingerprint density at radius 2 is 2.06 bits per heavy atom. The van der Waals surface area contributed by atoms with Gasteiger partial charge in [-0.15, -0.1) is 0 Å². The molecule has 5 nitrogen and oxygen atoms in total. The van der Waals surface area contributed by atoms with Gasteiger partial charge in [0.2, 0.25) is 11.8 Å². The molecule has 2 amide bonds. The highest BCUT2D eigenvalue weighted by Gasteiger charge is 2.31. The summed E-state index contributed by atoms with van der Waals surface area (Å²) in [4.78, 5) is 24.4. The number of hydrogen-bond acceptors (Lipinski definition) is 3. The molecule has 0 aromatic heterocycles. The van der Waals surface area contributed by atoms with Gasteiger partial charge in [-0.3, -0.25) is 9.59 Å². The van der Waals surface area contributed by atoms with Crippen molar-refractivity contribution in [2.45, 2.75) is 39.3 Å². The van der Waals surface area contributed by atoms with Crippen molar-refractivity contribution >= 4 is 11.8 Å². The summed E-state index contributed by atoms with van der Waals surface area (Å²) in [6.07, 6.45) is 0.449. The summed E-state index contributed by atoms with van der Waals surface area (Å²) in [6, 6.07) is -0.481. The molecule has 0 radical (unpaired) electrons. The first-order valence-electron chi connectivity index (χ1n) is 5.65. The fourth-order valence-corrected chi connectivity index (χ4v) is 2.02. The van der Waals surface area contributed by atoms with E-state index in [1.165, 1.54) is 6.92 Å². The van der Waals surface area contributed by atoms with Crippen molar-refractivity contribution in [3.8, 4) is 0 Å². The van der Waals surface area contributed by atoms with Gasteiger partial charge in [0.05, 0.1) is 6.10 Å². The van der Waals surface area contributed by atoms with Crippen molar-refractivity contribution < 1.29 is 14.7 Å². The highest BCUT2D eigenvalue weighted by molar-refractivity contribution is 5.86. The van der Waals surface area contributed by atoms with Gasteiger partial charge in [-0.1, -0.05) is 0 Å². The van der Waals surface area contributed by atoms with Gasteiger partial charge in [0.1, 0.15) is 6.04 Å². The van der Waals surface area contributed by atoms with Crippen molar-refractivity contribution in [1.82, 2.24) is 10.2 Å². The molecular weight excluding hydrogens is 208 g/mol. The minimum Gasteiger partial charge on any atom is -0.393 e. The van der Waals surface area contributed by atoms with Crippen LogP contribution in [0.5, 0.6) is 0 Å². The van der Waals surface area contributed by atoms with E-state index in [0.29, 0.717) is 13.1 Å². The molecule has 3 unspecified atom stereocenters. The number of carbonyl (C=O) groups is 2. The Morgan fingerprint density at radius 1 is 1.44 bits per heavy atom. The summed E-state index contributed by atoms with van der Waals surface area (Å²) in [5.41, 5.74) is 0. The molecule has 16 heavy (non-hydrogen) atoms. The van der Waals surface area contributed by atoms with Crippen LogP contribution >= 0.6 is 0 Å². The van der Waals surface area contributed by atoms with Crippen molar-refractivity contribution in [1.29, 1.82) is 0 Å². The predicted octanol–water partition coefficient (Wildman–Crippen LogP) is -0.260. The Balaban J connectivity index is 2.47. The van der Waals surface area contributed by atoms with Gasteiger partial charge < -0.3 is 15.3 Å². The molecule has 1 fully saturated rings. The third-order valence-corrected chi connectivity index (χ3v) is 3.01. The van der Waals surface area contributed by atoms with Gasteiger partial charge in [-0.2, -0.15) is 0 Å². The van der Waals surface area contributed by atoms with Crippen LogP contribution in [0.2, 0.25) is 0 Å². The van der Waals surface area contributed by atoms with Gasteiger partial charge in [0.15, 0.2) is 0 Å². The highest BCUT2D eigenvalue weighted by Crippen LogP contribution is 2.20. The summed E-state index contributed by atoms with van der Waals surface area (Å²) in [5, 5.41) is 12.0. The molecule has 1 rings (SSSR count). The second-order valence-electron chi connectivity index (χ2n) is 4.50. The normalized spacial score (nSPS) is 24.0. The lowest BCUT2D eigenvalue weighted by molar-refractivity contribution is -0.134.